The van der Waals surface area contributed by atoms with E-state index in [9.17, 15) is 0 Å². The molecule has 1 N–H and O–H groups in total. The largest absolute Gasteiger partial charge is 0.369 e. The predicted molar refractivity (Wildman–Crippen MR) is 82.3 cm³/mol. The third-order valence-electron chi connectivity index (χ3n) is 3.67. The number of anilines is 1. The van der Waals surface area contributed by atoms with Crippen molar-refractivity contribution in [1.29, 1.82) is 0 Å². The van der Waals surface area contributed by atoms with Gasteiger partial charge in [0.2, 0.25) is 0 Å². The van der Waals surface area contributed by atoms with Crippen LogP contribution >= 0.6 is 11.3 Å². The van der Waals surface area contributed by atoms with Crippen LogP contribution in [0.2, 0.25) is 0 Å². The van der Waals surface area contributed by atoms with E-state index in [1.807, 2.05) is 6.92 Å². The molecule has 2 heterocycles. The topological polar surface area (TPSA) is 50.7 Å². The van der Waals surface area contributed by atoms with Crippen LogP contribution in [-0.2, 0) is 19.3 Å². The Kier molecular flexibility index (Phi) is 4.25. The Morgan fingerprint density at radius 1 is 1.20 bits per heavy atom. The molecule has 5 heteroatoms. The summed E-state index contributed by atoms with van der Waals surface area (Å²) in [5.74, 6) is 1.03. The zero-order valence-corrected chi connectivity index (χ0v) is 12.7. The van der Waals surface area contributed by atoms with E-state index in [4.69, 9.17) is 0 Å². The van der Waals surface area contributed by atoms with Crippen molar-refractivity contribution in [3.63, 3.8) is 0 Å². The summed E-state index contributed by atoms with van der Waals surface area (Å²) >= 11 is 1.73. The fraction of sp³-hybridized carbons (Fsp3) is 0.533. The standard InChI is InChI=1S/C15H20N4S/c1-11-9-20-14(19-11)7-8-16-15-12-5-3-2-4-6-13(12)17-10-18-15/h9-10H,2-8H2,1H3,(H,16,17,18). The molecule has 0 saturated heterocycles. The third kappa shape index (κ3) is 3.15. The summed E-state index contributed by atoms with van der Waals surface area (Å²) in [6.45, 7) is 2.92. The van der Waals surface area contributed by atoms with Gasteiger partial charge in [0.05, 0.1) is 5.01 Å². The predicted octanol–water partition coefficient (Wildman–Crippen LogP) is 3.17. The molecule has 0 spiro atoms. The summed E-state index contributed by atoms with van der Waals surface area (Å²) in [6.07, 6.45) is 8.65. The summed E-state index contributed by atoms with van der Waals surface area (Å²) in [7, 11) is 0. The van der Waals surface area contributed by atoms with Crippen molar-refractivity contribution in [2.24, 2.45) is 0 Å². The van der Waals surface area contributed by atoms with Crippen LogP contribution in [0.15, 0.2) is 11.7 Å². The van der Waals surface area contributed by atoms with Gasteiger partial charge in [0.15, 0.2) is 0 Å². The zero-order chi connectivity index (χ0) is 13.8. The number of hydrogen-bond donors (Lipinski definition) is 1. The van der Waals surface area contributed by atoms with Crippen LogP contribution in [0.1, 0.15) is 41.2 Å². The molecule has 4 nitrogen and oxygen atoms in total. The van der Waals surface area contributed by atoms with E-state index in [2.05, 4.69) is 25.6 Å². The smallest absolute Gasteiger partial charge is 0.132 e. The fourth-order valence-corrected chi connectivity index (χ4v) is 3.43. The van der Waals surface area contributed by atoms with Gasteiger partial charge in [-0.2, -0.15) is 0 Å². The van der Waals surface area contributed by atoms with Crippen molar-refractivity contribution in [3.05, 3.63) is 33.7 Å². The summed E-state index contributed by atoms with van der Waals surface area (Å²) in [5.41, 5.74) is 3.69. The van der Waals surface area contributed by atoms with Crippen molar-refractivity contribution in [1.82, 2.24) is 15.0 Å². The lowest BCUT2D eigenvalue weighted by molar-refractivity contribution is 0.708. The van der Waals surface area contributed by atoms with Crippen molar-refractivity contribution >= 4 is 17.2 Å². The number of hydrogen-bond acceptors (Lipinski definition) is 5. The Bertz CT molecular complexity index is 579. The minimum atomic E-state index is 0.885. The number of aromatic nitrogens is 3. The number of fused-ring (bicyclic) bond motifs is 1. The monoisotopic (exact) mass is 288 g/mol. The molecule has 0 amide bonds. The number of rotatable bonds is 4. The molecule has 0 bridgehead atoms. The SMILES string of the molecule is Cc1csc(CCNc2ncnc3c2CCCCC3)n1. The number of nitrogens with zero attached hydrogens (tertiary/aromatic N) is 3. The molecule has 0 unspecified atom stereocenters. The first-order valence-electron chi connectivity index (χ1n) is 7.30. The highest BCUT2D eigenvalue weighted by Crippen LogP contribution is 2.23. The lowest BCUT2D eigenvalue weighted by Gasteiger charge is -2.11. The Labute approximate surface area is 123 Å². The summed E-state index contributed by atoms with van der Waals surface area (Å²) in [6, 6.07) is 0. The maximum atomic E-state index is 4.49. The minimum absolute atomic E-state index is 0.885. The van der Waals surface area contributed by atoms with Gasteiger partial charge in [-0.05, 0) is 32.6 Å². The Balaban J connectivity index is 1.65. The second-order valence-corrected chi connectivity index (χ2v) is 6.21. The lowest BCUT2D eigenvalue weighted by atomic mass is 10.1. The van der Waals surface area contributed by atoms with Gasteiger partial charge in [-0.15, -0.1) is 11.3 Å². The third-order valence-corrected chi connectivity index (χ3v) is 4.70. The molecule has 2 aromatic heterocycles. The highest BCUT2D eigenvalue weighted by Gasteiger charge is 2.14. The van der Waals surface area contributed by atoms with Crippen LogP contribution in [0.5, 0.6) is 0 Å². The first kappa shape index (κ1) is 13.5. The molecular weight excluding hydrogens is 268 g/mol. The molecule has 0 aliphatic heterocycles. The summed E-state index contributed by atoms with van der Waals surface area (Å²) in [4.78, 5) is 13.4. The van der Waals surface area contributed by atoms with E-state index < -0.39 is 0 Å². The molecular formula is C15H20N4S. The van der Waals surface area contributed by atoms with Crippen LogP contribution in [0, 0.1) is 6.92 Å². The molecule has 0 fully saturated rings. The molecule has 1 aliphatic carbocycles. The quantitative estimate of drug-likeness (QED) is 0.878. The summed E-state index contributed by atoms with van der Waals surface area (Å²) in [5, 5.41) is 6.77. The molecule has 20 heavy (non-hydrogen) atoms. The van der Waals surface area contributed by atoms with Crippen LogP contribution in [-0.4, -0.2) is 21.5 Å². The zero-order valence-electron chi connectivity index (χ0n) is 11.9. The molecule has 0 radical (unpaired) electrons. The minimum Gasteiger partial charge on any atom is -0.369 e. The molecule has 106 valence electrons. The van der Waals surface area contributed by atoms with Crippen LogP contribution in [0.4, 0.5) is 5.82 Å². The second kappa shape index (κ2) is 6.31. The van der Waals surface area contributed by atoms with E-state index in [0.29, 0.717) is 0 Å². The van der Waals surface area contributed by atoms with Gasteiger partial charge in [-0.25, -0.2) is 15.0 Å². The van der Waals surface area contributed by atoms with E-state index in [1.165, 1.54) is 35.5 Å². The molecule has 0 saturated carbocycles. The molecule has 2 aromatic rings. The Morgan fingerprint density at radius 2 is 2.10 bits per heavy atom. The fourth-order valence-electron chi connectivity index (χ4n) is 2.66. The Morgan fingerprint density at radius 3 is 2.95 bits per heavy atom. The maximum absolute atomic E-state index is 4.49. The van der Waals surface area contributed by atoms with Crippen molar-refractivity contribution in [3.8, 4) is 0 Å². The second-order valence-electron chi connectivity index (χ2n) is 5.27. The van der Waals surface area contributed by atoms with Crippen molar-refractivity contribution in [2.75, 3.05) is 11.9 Å². The maximum Gasteiger partial charge on any atom is 0.132 e. The van der Waals surface area contributed by atoms with E-state index >= 15 is 0 Å². The Hall–Kier alpha value is -1.49. The van der Waals surface area contributed by atoms with Gasteiger partial charge in [0.25, 0.3) is 0 Å². The normalized spacial score (nSPS) is 14.7. The molecule has 1 aliphatic rings. The average Bonchev–Trinajstić information content (AvgIpc) is 2.73. The van der Waals surface area contributed by atoms with Gasteiger partial charge in [0.1, 0.15) is 12.1 Å². The first-order chi connectivity index (χ1) is 9.83. The highest BCUT2D eigenvalue weighted by atomic mass is 32.1. The lowest BCUT2D eigenvalue weighted by Crippen LogP contribution is -2.10. The van der Waals surface area contributed by atoms with Gasteiger partial charge in [-0.1, -0.05) is 6.42 Å². The van der Waals surface area contributed by atoms with Gasteiger partial charge in [0, 0.05) is 35.3 Å². The van der Waals surface area contributed by atoms with Crippen LogP contribution in [0.25, 0.3) is 0 Å². The van der Waals surface area contributed by atoms with E-state index in [0.717, 1.165) is 37.3 Å². The number of nitrogens with one attached hydrogen (secondary N) is 1. The number of thiazole rings is 1. The molecule has 0 atom stereocenters. The van der Waals surface area contributed by atoms with Gasteiger partial charge >= 0.3 is 0 Å². The molecule has 3 rings (SSSR count). The van der Waals surface area contributed by atoms with Crippen LogP contribution < -0.4 is 5.32 Å². The van der Waals surface area contributed by atoms with E-state index in [1.54, 1.807) is 17.7 Å². The van der Waals surface area contributed by atoms with E-state index in [-0.39, 0.29) is 0 Å². The van der Waals surface area contributed by atoms with Gasteiger partial charge < -0.3 is 5.32 Å². The van der Waals surface area contributed by atoms with Crippen molar-refractivity contribution < 1.29 is 0 Å². The highest BCUT2D eigenvalue weighted by molar-refractivity contribution is 7.09. The number of aryl methyl sites for hydroxylation is 2. The van der Waals surface area contributed by atoms with Crippen LogP contribution in [0.3, 0.4) is 0 Å². The van der Waals surface area contributed by atoms with Crippen molar-refractivity contribution in [2.45, 2.75) is 45.4 Å². The first-order valence-corrected chi connectivity index (χ1v) is 8.18. The summed E-state index contributed by atoms with van der Waals surface area (Å²) < 4.78 is 0. The van der Waals surface area contributed by atoms with Gasteiger partial charge in [-0.3, -0.25) is 0 Å². The average molecular weight is 288 g/mol. The molecule has 0 aromatic carbocycles.